The Bertz CT molecular complexity index is 778. The Balaban J connectivity index is 1.54. The molecule has 1 aliphatic rings. The maximum atomic E-state index is 13.8. The minimum atomic E-state index is -0.728. The highest BCUT2D eigenvalue weighted by Gasteiger charge is 2.19. The number of halogens is 1. The summed E-state index contributed by atoms with van der Waals surface area (Å²) in [5, 5.41) is 2.90. The third-order valence-electron chi connectivity index (χ3n) is 4.74. The molecule has 0 bridgehead atoms. The fraction of sp³-hybridized carbons (Fsp3) is 0.409. The summed E-state index contributed by atoms with van der Waals surface area (Å²) < 4.78 is 24.7. The Morgan fingerprint density at radius 2 is 1.93 bits per heavy atom. The molecule has 28 heavy (non-hydrogen) atoms. The summed E-state index contributed by atoms with van der Waals surface area (Å²) in [6, 6.07) is 14.3. The SMILES string of the molecule is CCC(Oc1ccccc1F)C(=O)NCc1cccc(CN2CCOCC2)c1. The van der Waals surface area contributed by atoms with Crippen LogP contribution >= 0.6 is 0 Å². The Morgan fingerprint density at radius 1 is 1.18 bits per heavy atom. The molecule has 5 nitrogen and oxygen atoms in total. The Hall–Kier alpha value is -2.44. The van der Waals surface area contributed by atoms with Crippen molar-refractivity contribution in [3.8, 4) is 5.75 Å². The summed E-state index contributed by atoms with van der Waals surface area (Å²) in [6.07, 6.45) is -0.273. The van der Waals surface area contributed by atoms with Gasteiger partial charge in [0.15, 0.2) is 17.7 Å². The molecule has 1 N–H and O–H groups in total. The van der Waals surface area contributed by atoms with Crippen LogP contribution < -0.4 is 10.1 Å². The Labute approximate surface area is 165 Å². The molecule has 1 atom stereocenters. The lowest BCUT2D eigenvalue weighted by Gasteiger charge is -2.26. The van der Waals surface area contributed by atoms with Crippen LogP contribution in [0, 0.1) is 5.82 Å². The minimum Gasteiger partial charge on any atom is -0.478 e. The number of para-hydroxylation sites is 1. The molecule has 2 aromatic rings. The van der Waals surface area contributed by atoms with Crippen LogP contribution in [0.1, 0.15) is 24.5 Å². The summed E-state index contributed by atoms with van der Waals surface area (Å²) in [5.41, 5.74) is 2.24. The summed E-state index contributed by atoms with van der Waals surface area (Å²) in [6.45, 7) is 6.55. The predicted molar refractivity (Wildman–Crippen MR) is 105 cm³/mol. The zero-order valence-corrected chi connectivity index (χ0v) is 16.2. The zero-order chi connectivity index (χ0) is 19.8. The normalized spacial score (nSPS) is 15.8. The van der Waals surface area contributed by atoms with Gasteiger partial charge in [0.25, 0.3) is 5.91 Å². The van der Waals surface area contributed by atoms with E-state index in [9.17, 15) is 9.18 Å². The van der Waals surface area contributed by atoms with E-state index in [0.717, 1.165) is 38.4 Å². The molecule has 0 radical (unpaired) electrons. The van der Waals surface area contributed by atoms with Gasteiger partial charge in [0.1, 0.15) is 0 Å². The number of rotatable bonds is 8. The molecular weight excluding hydrogens is 359 g/mol. The van der Waals surface area contributed by atoms with E-state index in [1.807, 2.05) is 19.1 Å². The van der Waals surface area contributed by atoms with Crippen molar-refractivity contribution >= 4 is 5.91 Å². The number of hydrogen-bond acceptors (Lipinski definition) is 4. The number of hydrogen-bond donors (Lipinski definition) is 1. The van der Waals surface area contributed by atoms with Gasteiger partial charge in [0, 0.05) is 26.2 Å². The lowest BCUT2D eigenvalue weighted by atomic mass is 10.1. The molecular formula is C22H27FN2O3. The number of benzene rings is 2. The quantitative estimate of drug-likeness (QED) is 0.757. The lowest BCUT2D eigenvalue weighted by Crippen LogP contribution is -2.37. The van der Waals surface area contributed by atoms with Crippen molar-refractivity contribution < 1.29 is 18.7 Å². The molecule has 0 aliphatic carbocycles. The predicted octanol–water partition coefficient (Wildman–Crippen LogP) is 3.13. The molecule has 2 aromatic carbocycles. The van der Waals surface area contributed by atoms with Crippen LogP contribution in [-0.4, -0.2) is 43.2 Å². The first kappa shape index (κ1) is 20.3. The van der Waals surface area contributed by atoms with Gasteiger partial charge in [-0.1, -0.05) is 43.3 Å². The summed E-state index contributed by atoms with van der Waals surface area (Å²) >= 11 is 0. The van der Waals surface area contributed by atoms with Gasteiger partial charge >= 0.3 is 0 Å². The van der Waals surface area contributed by atoms with Crippen molar-refractivity contribution in [3.05, 3.63) is 65.5 Å². The van der Waals surface area contributed by atoms with Crippen molar-refractivity contribution in [2.24, 2.45) is 0 Å². The van der Waals surface area contributed by atoms with Gasteiger partial charge in [0.05, 0.1) is 13.2 Å². The highest BCUT2D eigenvalue weighted by molar-refractivity contribution is 5.81. The number of nitrogens with zero attached hydrogens (tertiary/aromatic N) is 1. The molecule has 1 fully saturated rings. The van der Waals surface area contributed by atoms with Crippen LogP contribution in [0.3, 0.4) is 0 Å². The molecule has 1 heterocycles. The van der Waals surface area contributed by atoms with Crippen molar-refractivity contribution in [2.75, 3.05) is 26.3 Å². The summed E-state index contributed by atoms with van der Waals surface area (Å²) in [4.78, 5) is 14.8. The first-order chi connectivity index (χ1) is 13.7. The average molecular weight is 386 g/mol. The van der Waals surface area contributed by atoms with Crippen LogP contribution in [0.25, 0.3) is 0 Å². The number of amides is 1. The molecule has 1 amide bonds. The first-order valence-electron chi connectivity index (χ1n) is 9.72. The van der Waals surface area contributed by atoms with Gasteiger partial charge < -0.3 is 14.8 Å². The first-order valence-corrected chi connectivity index (χ1v) is 9.72. The summed E-state index contributed by atoms with van der Waals surface area (Å²) in [5.74, 6) is -0.620. The standard InChI is InChI=1S/C22H27FN2O3/c1-2-20(28-21-9-4-3-8-19(21)23)22(26)24-15-17-6-5-7-18(14-17)16-25-10-12-27-13-11-25/h3-9,14,20H,2,10-13,15-16H2,1H3,(H,24,26). The van der Waals surface area contributed by atoms with E-state index in [2.05, 4.69) is 22.3 Å². The molecule has 1 unspecified atom stereocenters. The van der Waals surface area contributed by atoms with E-state index in [1.54, 1.807) is 12.1 Å². The lowest BCUT2D eigenvalue weighted by molar-refractivity contribution is -0.128. The smallest absolute Gasteiger partial charge is 0.261 e. The molecule has 150 valence electrons. The second-order valence-electron chi connectivity index (χ2n) is 6.87. The van der Waals surface area contributed by atoms with E-state index in [4.69, 9.17) is 9.47 Å². The summed E-state index contributed by atoms with van der Waals surface area (Å²) in [7, 11) is 0. The second kappa shape index (κ2) is 10.2. The van der Waals surface area contributed by atoms with Crippen molar-refractivity contribution in [3.63, 3.8) is 0 Å². The molecule has 1 saturated heterocycles. The number of nitrogens with one attached hydrogen (secondary N) is 1. The average Bonchev–Trinajstić information content (AvgIpc) is 2.72. The van der Waals surface area contributed by atoms with Crippen LogP contribution in [0.5, 0.6) is 5.75 Å². The molecule has 6 heteroatoms. The van der Waals surface area contributed by atoms with Gasteiger partial charge in [0.2, 0.25) is 0 Å². The minimum absolute atomic E-state index is 0.0945. The highest BCUT2D eigenvalue weighted by Crippen LogP contribution is 2.18. The van der Waals surface area contributed by atoms with Crippen molar-refractivity contribution in [1.82, 2.24) is 10.2 Å². The number of carbonyl (C=O) groups is 1. The fourth-order valence-electron chi connectivity index (χ4n) is 3.17. The van der Waals surface area contributed by atoms with E-state index >= 15 is 0 Å². The highest BCUT2D eigenvalue weighted by atomic mass is 19.1. The van der Waals surface area contributed by atoms with Crippen LogP contribution in [0.15, 0.2) is 48.5 Å². The third kappa shape index (κ3) is 5.78. The van der Waals surface area contributed by atoms with Gasteiger partial charge in [-0.15, -0.1) is 0 Å². The van der Waals surface area contributed by atoms with Crippen LogP contribution in [0.2, 0.25) is 0 Å². The number of ether oxygens (including phenoxy) is 2. The Kier molecular flexibility index (Phi) is 7.39. The van der Waals surface area contributed by atoms with E-state index in [-0.39, 0.29) is 11.7 Å². The second-order valence-corrected chi connectivity index (χ2v) is 6.87. The topological polar surface area (TPSA) is 50.8 Å². The zero-order valence-electron chi connectivity index (χ0n) is 16.2. The van der Waals surface area contributed by atoms with E-state index in [1.165, 1.54) is 17.7 Å². The van der Waals surface area contributed by atoms with Gasteiger partial charge in [-0.3, -0.25) is 9.69 Å². The van der Waals surface area contributed by atoms with Gasteiger partial charge in [-0.2, -0.15) is 0 Å². The van der Waals surface area contributed by atoms with Gasteiger partial charge in [-0.05, 0) is 29.7 Å². The van der Waals surface area contributed by atoms with Crippen molar-refractivity contribution in [2.45, 2.75) is 32.5 Å². The van der Waals surface area contributed by atoms with Gasteiger partial charge in [-0.25, -0.2) is 4.39 Å². The van der Waals surface area contributed by atoms with E-state index < -0.39 is 11.9 Å². The largest absolute Gasteiger partial charge is 0.478 e. The molecule has 1 aliphatic heterocycles. The van der Waals surface area contributed by atoms with Crippen LogP contribution in [0.4, 0.5) is 4.39 Å². The fourth-order valence-corrected chi connectivity index (χ4v) is 3.17. The monoisotopic (exact) mass is 386 g/mol. The molecule has 3 rings (SSSR count). The maximum absolute atomic E-state index is 13.8. The van der Waals surface area contributed by atoms with E-state index in [0.29, 0.717) is 13.0 Å². The maximum Gasteiger partial charge on any atom is 0.261 e. The van der Waals surface area contributed by atoms with Crippen LogP contribution in [-0.2, 0) is 22.6 Å². The third-order valence-corrected chi connectivity index (χ3v) is 4.74. The van der Waals surface area contributed by atoms with Crippen molar-refractivity contribution in [1.29, 1.82) is 0 Å². The molecule has 0 spiro atoms. The molecule has 0 saturated carbocycles. The Morgan fingerprint density at radius 3 is 2.68 bits per heavy atom. The molecule has 0 aromatic heterocycles. The number of carbonyl (C=O) groups excluding carboxylic acids is 1. The number of morpholine rings is 1.